The molecule has 0 radical (unpaired) electrons. The molecule has 0 heterocycles. The summed E-state index contributed by atoms with van der Waals surface area (Å²) in [5, 5.41) is 3.23. The smallest absolute Gasteiger partial charge is 0.246 e. The number of hydrogen-bond donors (Lipinski definition) is 1. The molecule has 1 aromatic carbocycles. The number of hydrogen-bond acceptors (Lipinski definition) is 2. The molecule has 0 saturated heterocycles. The highest BCUT2D eigenvalue weighted by molar-refractivity contribution is 5.99. The molecule has 100 valence electrons. The van der Waals surface area contributed by atoms with Crippen molar-refractivity contribution in [3.63, 3.8) is 0 Å². The fraction of sp³-hybridized carbons (Fsp3) is 0.533. The van der Waals surface area contributed by atoms with Crippen LogP contribution in [0.1, 0.15) is 33.3 Å². The van der Waals surface area contributed by atoms with Crippen LogP contribution in [0.2, 0.25) is 0 Å². The monoisotopic (exact) mass is 248 g/mol. The molecule has 0 aliphatic rings. The second kappa shape index (κ2) is 6.01. The summed E-state index contributed by atoms with van der Waals surface area (Å²) in [7, 11) is 0. The topological polar surface area (TPSA) is 32.3 Å². The van der Waals surface area contributed by atoms with Gasteiger partial charge < -0.3 is 10.2 Å². The maximum Gasteiger partial charge on any atom is 0.246 e. The van der Waals surface area contributed by atoms with Gasteiger partial charge in [-0.25, -0.2) is 0 Å². The summed E-state index contributed by atoms with van der Waals surface area (Å²) in [6, 6.07) is 8.06. The Bertz CT molecular complexity index is 395. The maximum atomic E-state index is 12.5. The number of aryl methyl sites for hydroxylation is 1. The number of benzene rings is 1. The Morgan fingerprint density at radius 3 is 2.22 bits per heavy atom. The van der Waals surface area contributed by atoms with Crippen LogP contribution in [-0.2, 0) is 4.79 Å². The highest BCUT2D eigenvalue weighted by atomic mass is 16.2. The lowest BCUT2D eigenvalue weighted by Crippen LogP contribution is -2.54. The molecule has 1 N–H and O–H groups in total. The van der Waals surface area contributed by atoms with Crippen LogP contribution < -0.4 is 10.2 Å². The fourth-order valence-corrected chi connectivity index (χ4v) is 2.02. The molecule has 18 heavy (non-hydrogen) atoms. The van der Waals surface area contributed by atoms with Crippen molar-refractivity contribution in [2.24, 2.45) is 0 Å². The van der Waals surface area contributed by atoms with Crippen molar-refractivity contribution >= 4 is 11.6 Å². The van der Waals surface area contributed by atoms with E-state index >= 15 is 0 Å². The third-order valence-corrected chi connectivity index (χ3v) is 3.06. The van der Waals surface area contributed by atoms with Crippen LogP contribution in [-0.4, -0.2) is 24.5 Å². The molecule has 1 aromatic rings. The zero-order valence-electron chi connectivity index (χ0n) is 12.1. The van der Waals surface area contributed by atoms with Crippen molar-refractivity contribution in [1.29, 1.82) is 0 Å². The van der Waals surface area contributed by atoms with Gasteiger partial charge in [-0.1, -0.05) is 24.6 Å². The number of nitrogens with zero attached hydrogens (tertiary/aromatic N) is 1. The molecule has 0 aliphatic heterocycles. The zero-order valence-corrected chi connectivity index (χ0v) is 12.1. The summed E-state index contributed by atoms with van der Waals surface area (Å²) in [5.74, 6) is 0.107. The van der Waals surface area contributed by atoms with E-state index in [1.165, 1.54) is 5.56 Å². The fourth-order valence-electron chi connectivity index (χ4n) is 2.02. The van der Waals surface area contributed by atoms with Gasteiger partial charge in [0.15, 0.2) is 0 Å². The van der Waals surface area contributed by atoms with Crippen LogP contribution in [0.4, 0.5) is 5.69 Å². The lowest BCUT2D eigenvalue weighted by atomic mass is 10.0. The van der Waals surface area contributed by atoms with Crippen LogP contribution in [0, 0.1) is 6.92 Å². The minimum absolute atomic E-state index is 0.107. The summed E-state index contributed by atoms with van der Waals surface area (Å²) < 4.78 is 0. The van der Waals surface area contributed by atoms with E-state index in [2.05, 4.69) is 5.32 Å². The van der Waals surface area contributed by atoms with Gasteiger partial charge in [0, 0.05) is 12.2 Å². The highest BCUT2D eigenvalue weighted by Crippen LogP contribution is 2.19. The highest BCUT2D eigenvalue weighted by Gasteiger charge is 2.30. The Balaban J connectivity index is 2.96. The molecule has 0 spiro atoms. The Labute approximate surface area is 110 Å². The predicted octanol–water partition coefficient (Wildman–Crippen LogP) is 2.74. The third kappa shape index (κ3) is 3.33. The maximum absolute atomic E-state index is 12.5. The van der Waals surface area contributed by atoms with Gasteiger partial charge in [-0.15, -0.1) is 0 Å². The van der Waals surface area contributed by atoms with Gasteiger partial charge in [-0.3, -0.25) is 4.79 Å². The first kappa shape index (κ1) is 14.7. The van der Waals surface area contributed by atoms with E-state index in [0.717, 1.165) is 12.2 Å². The number of carbonyl (C=O) groups excluding carboxylic acids is 1. The Hall–Kier alpha value is -1.35. The Morgan fingerprint density at radius 2 is 1.78 bits per heavy atom. The number of nitrogens with one attached hydrogen (secondary N) is 1. The average Bonchev–Trinajstić information content (AvgIpc) is 2.32. The first-order valence-electron chi connectivity index (χ1n) is 6.56. The first-order chi connectivity index (χ1) is 8.42. The molecule has 1 rings (SSSR count). The van der Waals surface area contributed by atoms with Gasteiger partial charge in [0.05, 0.1) is 5.54 Å². The van der Waals surface area contributed by atoms with Crippen molar-refractivity contribution < 1.29 is 4.79 Å². The summed E-state index contributed by atoms with van der Waals surface area (Å²) >= 11 is 0. The van der Waals surface area contributed by atoms with Gasteiger partial charge in [0.2, 0.25) is 5.91 Å². The van der Waals surface area contributed by atoms with Gasteiger partial charge in [-0.2, -0.15) is 0 Å². The number of amides is 1. The molecule has 3 nitrogen and oxygen atoms in total. The summed E-state index contributed by atoms with van der Waals surface area (Å²) in [5.41, 5.74) is 1.63. The Kier molecular flexibility index (Phi) is 4.91. The second-order valence-corrected chi connectivity index (χ2v) is 5.04. The molecule has 0 saturated carbocycles. The van der Waals surface area contributed by atoms with E-state index in [9.17, 15) is 4.79 Å². The van der Waals surface area contributed by atoms with Gasteiger partial charge in [0.25, 0.3) is 0 Å². The lowest BCUT2D eigenvalue weighted by molar-refractivity contribution is -0.123. The number of carbonyl (C=O) groups is 1. The number of likely N-dealkylation sites (N-methyl/N-ethyl adjacent to an activating group) is 2. The molecular formula is C15H24N2O. The molecular weight excluding hydrogens is 224 g/mol. The van der Waals surface area contributed by atoms with Crippen molar-refractivity contribution in [3.05, 3.63) is 29.8 Å². The minimum atomic E-state index is -0.532. The van der Waals surface area contributed by atoms with E-state index in [-0.39, 0.29) is 5.91 Å². The van der Waals surface area contributed by atoms with Crippen molar-refractivity contribution in [2.75, 3.05) is 18.0 Å². The van der Waals surface area contributed by atoms with E-state index in [4.69, 9.17) is 0 Å². The molecule has 1 amide bonds. The van der Waals surface area contributed by atoms with Crippen LogP contribution in [0.25, 0.3) is 0 Å². The first-order valence-corrected chi connectivity index (χ1v) is 6.56. The largest absolute Gasteiger partial charge is 0.311 e. The SMILES string of the molecule is CCNC(C)(C)C(=O)N(CC)c1ccc(C)cc1. The minimum Gasteiger partial charge on any atom is -0.311 e. The molecule has 0 fully saturated rings. The van der Waals surface area contributed by atoms with Crippen LogP contribution in [0.15, 0.2) is 24.3 Å². The van der Waals surface area contributed by atoms with E-state index in [0.29, 0.717) is 6.54 Å². The van der Waals surface area contributed by atoms with Crippen molar-refractivity contribution in [2.45, 2.75) is 40.2 Å². The average molecular weight is 248 g/mol. The van der Waals surface area contributed by atoms with E-state index < -0.39 is 5.54 Å². The van der Waals surface area contributed by atoms with E-state index in [1.54, 1.807) is 0 Å². The molecule has 0 atom stereocenters. The molecule has 0 unspecified atom stereocenters. The van der Waals surface area contributed by atoms with E-state index in [1.807, 2.05) is 63.8 Å². The standard InChI is InChI=1S/C15H24N2O/c1-6-16-15(4,5)14(18)17(7-2)13-10-8-12(3)9-11-13/h8-11,16H,6-7H2,1-5H3. The summed E-state index contributed by atoms with van der Waals surface area (Å²) in [6.45, 7) is 11.4. The summed E-state index contributed by atoms with van der Waals surface area (Å²) in [6.07, 6.45) is 0. The normalized spacial score (nSPS) is 11.4. The number of anilines is 1. The quantitative estimate of drug-likeness (QED) is 0.869. The van der Waals surface area contributed by atoms with Gasteiger partial charge in [-0.05, 0) is 46.4 Å². The predicted molar refractivity (Wildman–Crippen MR) is 77.0 cm³/mol. The van der Waals surface area contributed by atoms with Crippen molar-refractivity contribution in [1.82, 2.24) is 5.32 Å². The number of rotatable bonds is 5. The summed E-state index contributed by atoms with van der Waals surface area (Å²) in [4.78, 5) is 14.4. The van der Waals surface area contributed by atoms with Gasteiger partial charge in [0.1, 0.15) is 0 Å². The van der Waals surface area contributed by atoms with Gasteiger partial charge >= 0.3 is 0 Å². The Morgan fingerprint density at radius 1 is 1.22 bits per heavy atom. The zero-order chi connectivity index (χ0) is 13.8. The van der Waals surface area contributed by atoms with Crippen LogP contribution in [0.3, 0.4) is 0 Å². The molecule has 0 aliphatic carbocycles. The molecule has 3 heteroatoms. The molecule has 0 bridgehead atoms. The second-order valence-electron chi connectivity index (χ2n) is 5.04. The lowest BCUT2D eigenvalue weighted by Gasteiger charge is -2.32. The third-order valence-electron chi connectivity index (χ3n) is 3.06. The van der Waals surface area contributed by atoms with Crippen molar-refractivity contribution in [3.8, 4) is 0 Å². The van der Waals surface area contributed by atoms with Crippen LogP contribution in [0.5, 0.6) is 0 Å². The molecule has 0 aromatic heterocycles. The van der Waals surface area contributed by atoms with Crippen LogP contribution >= 0.6 is 0 Å².